The molecule has 1 saturated heterocycles. The van der Waals surface area contributed by atoms with Crippen molar-refractivity contribution in [2.45, 2.75) is 32.5 Å². The molecule has 2 amide bonds. The third-order valence-electron chi connectivity index (χ3n) is 4.46. The number of hydrogen-bond acceptors (Lipinski definition) is 8. The van der Waals surface area contributed by atoms with Gasteiger partial charge in [-0.2, -0.15) is 0 Å². The molecule has 2 aliphatic rings. The number of carbonyl (C=O) groups excluding carboxylic acids is 2. The molecule has 10 nitrogen and oxygen atoms in total. The number of rotatable bonds is 8. The zero-order valence-electron chi connectivity index (χ0n) is 17.1. The second-order valence-electron chi connectivity index (χ2n) is 7.16. The van der Waals surface area contributed by atoms with E-state index in [0.717, 1.165) is 30.7 Å². The lowest BCUT2D eigenvalue weighted by Crippen LogP contribution is -2.44. The Morgan fingerprint density at radius 1 is 1.31 bits per heavy atom. The summed E-state index contributed by atoms with van der Waals surface area (Å²) in [7, 11) is 0. The number of nitrogens with zero attached hydrogens (tertiary/aromatic N) is 4. The third-order valence-corrected chi connectivity index (χ3v) is 5.45. The molecule has 2 aliphatic heterocycles. The van der Waals surface area contributed by atoms with Crippen molar-refractivity contribution >= 4 is 29.7 Å². The summed E-state index contributed by atoms with van der Waals surface area (Å²) in [5.74, 6) is 1.21. The lowest BCUT2D eigenvalue weighted by atomic mass is 10.2. The van der Waals surface area contributed by atoms with Gasteiger partial charge in [0, 0.05) is 31.1 Å². The molecular weight excluding hydrogens is 396 g/mol. The van der Waals surface area contributed by atoms with Crippen LogP contribution in [0.25, 0.3) is 0 Å². The fourth-order valence-electron chi connectivity index (χ4n) is 3.12. The highest BCUT2D eigenvalue weighted by molar-refractivity contribution is 7.99. The van der Waals surface area contributed by atoms with Gasteiger partial charge in [-0.25, -0.2) is 9.59 Å². The minimum absolute atomic E-state index is 0.151. The van der Waals surface area contributed by atoms with Crippen LogP contribution < -0.4 is 15.5 Å². The maximum absolute atomic E-state index is 12.2. The van der Waals surface area contributed by atoms with E-state index in [4.69, 9.17) is 9.47 Å². The highest BCUT2D eigenvalue weighted by atomic mass is 32.2. The molecule has 1 aromatic heterocycles. The number of morpholine rings is 1. The molecule has 0 saturated carbocycles. The van der Waals surface area contributed by atoms with Crippen LogP contribution >= 0.6 is 11.8 Å². The Labute approximate surface area is 174 Å². The Bertz CT molecular complexity index is 772. The minimum Gasteiger partial charge on any atom is -0.463 e. The van der Waals surface area contributed by atoms with E-state index in [-0.39, 0.29) is 19.2 Å². The molecule has 160 valence electrons. The predicted octanol–water partition coefficient (Wildman–Crippen LogP) is 0.993. The van der Waals surface area contributed by atoms with Gasteiger partial charge in [0.25, 0.3) is 0 Å². The van der Waals surface area contributed by atoms with Gasteiger partial charge in [0.1, 0.15) is 0 Å². The largest absolute Gasteiger partial charge is 0.463 e. The molecule has 11 heteroatoms. The first-order valence-electron chi connectivity index (χ1n) is 9.82. The zero-order valence-corrected chi connectivity index (χ0v) is 17.9. The van der Waals surface area contributed by atoms with Gasteiger partial charge in [0.15, 0.2) is 5.16 Å². The average molecular weight is 425 g/mol. The molecule has 0 bridgehead atoms. The van der Waals surface area contributed by atoms with E-state index < -0.39 is 5.97 Å². The monoisotopic (exact) mass is 424 g/mol. The molecule has 1 aromatic rings. The van der Waals surface area contributed by atoms with Crippen LogP contribution in [0.2, 0.25) is 0 Å². The van der Waals surface area contributed by atoms with Crippen LogP contribution in [0, 0.1) is 5.92 Å². The molecule has 0 aromatic carbocycles. The van der Waals surface area contributed by atoms with Crippen LogP contribution in [-0.4, -0.2) is 72.0 Å². The van der Waals surface area contributed by atoms with Crippen molar-refractivity contribution in [2.75, 3.05) is 50.1 Å². The topological polar surface area (TPSA) is 111 Å². The number of esters is 1. The lowest BCUT2D eigenvalue weighted by Gasteiger charge is -2.28. The fraction of sp³-hybridized carbons (Fsp3) is 0.667. The summed E-state index contributed by atoms with van der Waals surface area (Å²) < 4.78 is 12.7. The van der Waals surface area contributed by atoms with Crippen LogP contribution in [0.4, 0.5) is 10.7 Å². The Kier molecular flexibility index (Phi) is 7.37. The van der Waals surface area contributed by atoms with Crippen LogP contribution in [0.1, 0.15) is 20.8 Å². The molecule has 0 radical (unpaired) electrons. The molecule has 0 aliphatic carbocycles. The van der Waals surface area contributed by atoms with Crippen LogP contribution in [0.15, 0.2) is 16.4 Å². The van der Waals surface area contributed by atoms with Crippen LogP contribution in [-0.2, 0) is 20.8 Å². The predicted molar refractivity (Wildman–Crippen MR) is 109 cm³/mol. The summed E-state index contributed by atoms with van der Waals surface area (Å²) in [4.78, 5) is 26.2. The number of aromatic nitrogens is 3. The van der Waals surface area contributed by atoms with E-state index in [0.29, 0.717) is 36.2 Å². The third kappa shape index (κ3) is 5.41. The second-order valence-corrected chi connectivity index (χ2v) is 8.10. The molecule has 0 unspecified atom stereocenters. The Hall–Kier alpha value is -2.27. The van der Waals surface area contributed by atoms with Gasteiger partial charge in [0.05, 0.1) is 31.9 Å². The Morgan fingerprint density at radius 2 is 2.07 bits per heavy atom. The van der Waals surface area contributed by atoms with Gasteiger partial charge >= 0.3 is 12.0 Å². The summed E-state index contributed by atoms with van der Waals surface area (Å²) >= 11 is 1.44. The van der Waals surface area contributed by atoms with Crippen molar-refractivity contribution in [3.8, 4) is 0 Å². The number of urea groups is 1. The molecule has 3 rings (SSSR count). The van der Waals surface area contributed by atoms with Crippen molar-refractivity contribution in [3.05, 3.63) is 11.3 Å². The highest BCUT2D eigenvalue weighted by Gasteiger charge is 2.25. The zero-order chi connectivity index (χ0) is 20.8. The van der Waals surface area contributed by atoms with E-state index in [1.807, 2.05) is 0 Å². The SMILES string of the molecule is CCOC(=O)C1=C(CSc2nnc(N3CCOCC3)n2CC(C)C)NC(=O)NC1. The van der Waals surface area contributed by atoms with Gasteiger partial charge in [-0.3, -0.25) is 4.57 Å². The summed E-state index contributed by atoms with van der Waals surface area (Å²) in [5.41, 5.74) is 0.978. The number of ether oxygens (including phenoxy) is 2. The Morgan fingerprint density at radius 3 is 2.76 bits per heavy atom. The molecule has 3 heterocycles. The maximum atomic E-state index is 12.2. The van der Waals surface area contributed by atoms with Gasteiger partial charge < -0.3 is 25.0 Å². The van der Waals surface area contributed by atoms with Crippen LogP contribution in [0.3, 0.4) is 0 Å². The van der Waals surface area contributed by atoms with Crippen molar-refractivity contribution in [2.24, 2.45) is 5.92 Å². The quantitative estimate of drug-likeness (QED) is 0.470. The summed E-state index contributed by atoms with van der Waals surface area (Å²) in [6.07, 6.45) is 0. The normalized spacial score (nSPS) is 17.4. The molecular formula is C18H28N6O4S. The van der Waals surface area contributed by atoms with Gasteiger partial charge in [-0.15, -0.1) is 10.2 Å². The van der Waals surface area contributed by atoms with E-state index in [1.165, 1.54) is 11.8 Å². The first-order chi connectivity index (χ1) is 14.0. The molecule has 0 spiro atoms. The summed E-state index contributed by atoms with van der Waals surface area (Å²) in [5, 5.41) is 14.9. The summed E-state index contributed by atoms with van der Waals surface area (Å²) in [6.45, 7) is 10.2. The fourth-order valence-corrected chi connectivity index (χ4v) is 4.05. The smallest absolute Gasteiger partial charge is 0.337 e. The molecule has 1 fully saturated rings. The average Bonchev–Trinajstić information content (AvgIpc) is 3.09. The Balaban J connectivity index is 1.80. The second kappa shape index (κ2) is 9.97. The molecule has 29 heavy (non-hydrogen) atoms. The first-order valence-corrected chi connectivity index (χ1v) is 10.8. The maximum Gasteiger partial charge on any atom is 0.337 e. The van der Waals surface area contributed by atoms with E-state index in [2.05, 4.69) is 44.1 Å². The number of amides is 2. The number of hydrogen-bond donors (Lipinski definition) is 2. The van der Waals surface area contributed by atoms with Crippen molar-refractivity contribution < 1.29 is 19.1 Å². The van der Waals surface area contributed by atoms with Gasteiger partial charge in [-0.1, -0.05) is 25.6 Å². The summed E-state index contributed by atoms with van der Waals surface area (Å²) in [6, 6.07) is -0.327. The van der Waals surface area contributed by atoms with Crippen molar-refractivity contribution in [1.82, 2.24) is 25.4 Å². The van der Waals surface area contributed by atoms with E-state index >= 15 is 0 Å². The highest BCUT2D eigenvalue weighted by Crippen LogP contribution is 2.26. The minimum atomic E-state index is -0.423. The number of nitrogens with one attached hydrogen (secondary N) is 2. The van der Waals surface area contributed by atoms with Gasteiger partial charge in [-0.05, 0) is 12.8 Å². The van der Waals surface area contributed by atoms with Crippen molar-refractivity contribution in [3.63, 3.8) is 0 Å². The first kappa shape index (κ1) is 21.4. The van der Waals surface area contributed by atoms with E-state index in [1.54, 1.807) is 6.92 Å². The van der Waals surface area contributed by atoms with Crippen molar-refractivity contribution in [1.29, 1.82) is 0 Å². The van der Waals surface area contributed by atoms with Crippen LogP contribution in [0.5, 0.6) is 0 Å². The number of thioether (sulfide) groups is 1. The number of anilines is 1. The standard InChI is InChI=1S/C18H28N6O4S/c1-4-28-15(25)13-9-19-16(26)20-14(13)11-29-18-22-21-17(24(18)10-12(2)3)23-5-7-27-8-6-23/h12H,4-11H2,1-3H3,(H2,19,20,26). The van der Waals surface area contributed by atoms with E-state index in [9.17, 15) is 9.59 Å². The number of carbonyl (C=O) groups is 2. The van der Waals surface area contributed by atoms with Gasteiger partial charge in [0.2, 0.25) is 5.95 Å². The molecule has 0 atom stereocenters. The molecule has 2 N–H and O–H groups in total. The lowest BCUT2D eigenvalue weighted by molar-refractivity contribution is -0.138.